The molecule has 1 aliphatic carbocycles. The maximum Gasteiger partial charge on any atom is 0.253 e. The molecular formula is C27H31N3O3. The molecular weight excluding hydrogens is 414 g/mol. The van der Waals surface area contributed by atoms with Gasteiger partial charge in [-0.3, -0.25) is 9.59 Å². The van der Waals surface area contributed by atoms with Gasteiger partial charge in [0, 0.05) is 31.5 Å². The minimum Gasteiger partial charge on any atom is -0.394 e. The Labute approximate surface area is 195 Å². The van der Waals surface area contributed by atoms with Crippen LogP contribution in [-0.2, 0) is 4.79 Å². The molecule has 172 valence electrons. The third-order valence-corrected chi connectivity index (χ3v) is 7.11. The zero-order valence-corrected chi connectivity index (χ0v) is 19.3. The van der Waals surface area contributed by atoms with Crippen LogP contribution in [0.4, 0.5) is 0 Å². The predicted molar refractivity (Wildman–Crippen MR) is 126 cm³/mol. The third-order valence-electron chi connectivity index (χ3n) is 7.11. The van der Waals surface area contributed by atoms with Gasteiger partial charge in [-0.2, -0.15) is 5.26 Å². The molecule has 1 heterocycles. The molecule has 0 radical (unpaired) electrons. The normalized spacial score (nSPS) is 22.8. The maximum absolute atomic E-state index is 13.1. The Bertz CT molecular complexity index is 1030. The molecule has 0 unspecified atom stereocenters. The highest BCUT2D eigenvalue weighted by molar-refractivity contribution is 5.94. The summed E-state index contributed by atoms with van der Waals surface area (Å²) in [7, 11) is 3.46. The number of carbonyl (C=O) groups excluding carboxylic acids is 2. The van der Waals surface area contributed by atoms with E-state index in [1.54, 1.807) is 23.9 Å². The van der Waals surface area contributed by atoms with Gasteiger partial charge in [0.2, 0.25) is 5.91 Å². The molecule has 6 nitrogen and oxygen atoms in total. The second-order valence-electron chi connectivity index (χ2n) is 9.33. The zero-order chi connectivity index (χ0) is 23.5. The van der Waals surface area contributed by atoms with Crippen molar-refractivity contribution in [2.75, 3.05) is 20.7 Å². The van der Waals surface area contributed by atoms with E-state index >= 15 is 0 Å². The number of likely N-dealkylation sites (tertiary alicyclic amines) is 1. The van der Waals surface area contributed by atoms with Crippen molar-refractivity contribution < 1.29 is 14.7 Å². The largest absolute Gasteiger partial charge is 0.394 e. The first-order valence-corrected chi connectivity index (χ1v) is 11.7. The molecule has 4 rings (SSSR count). The lowest BCUT2D eigenvalue weighted by Gasteiger charge is -2.52. The van der Waals surface area contributed by atoms with E-state index in [1.807, 2.05) is 48.5 Å². The first-order chi connectivity index (χ1) is 16.0. The van der Waals surface area contributed by atoms with Crippen LogP contribution in [0.25, 0.3) is 11.1 Å². The molecule has 2 aromatic carbocycles. The van der Waals surface area contributed by atoms with Crippen molar-refractivity contribution >= 4 is 11.8 Å². The topological polar surface area (TPSA) is 84.6 Å². The molecule has 1 saturated carbocycles. The summed E-state index contributed by atoms with van der Waals surface area (Å²) in [6.45, 7) is -0.148. The van der Waals surface area contributed by atoms with Crippen molar-refractivity contribution in [1.82, 2.24) is 9.80 Å². The lowest BCUT2D eigenvalue weighted by atomic mass is 9.74. The summed E-state index contributed by atoms with van der Waals surface area (Å²) in [4.78, 5) is 28.4. The second-order valence-corrected chi connectivity index (χ2v) is 9.33. The van der Waals surface area contributed by atoms with Gasteiger partial charge >= 0.3 is 0 Å². The molecule has 0 spiro atoms. The van der Waals surface area contributed by atoms with Gasteiger partial charge < -0.3 is 14.9 Å². The highest BCUT2D eigenvalue weighted by atomic mass is 16.3. The van der Waals surface area contributed by atoms with E-state index in [4.69, 9.17) is 0 Å². The van der Waals surface area contributed by atoms with Gasteiger partial charge in [0.1, 0.15) is 6.04 Å². The lowest BCUT2D eigenvalue weighted by molar-refractivity contribution is -0.152. The van der Waals surface area contributed by atoms with Gasteiger partial charge in [-0.25, -0.2) is 0 Å². The van der Waals surface area contributed by atoms with Crippen molar-refractivity contribution in [3.8, 4) is 17.2 Å². The highest BCUT2D eigenvalue weighted by Crippen LogP contribution is 2.43. The van der Waals surface area contributed by atoms with Gasteiger partial charge in [-0.05, 0) is 41.7 Å². The van der Waals surface area contributed by atoms with Crippen LogP contribution in [0.15, 0.2) is 48.5 Å². The second kappa shape index (κ2) is 9.76. The molecule has 2 aliphatic rings. The number of amides is 2. The molecule has 1 saturated heterocycles. The molecule has 0 bridgehead atoms. The van der Waals surface area contributed by atoms with Gasteiger partial charge in [-0.1, -0.05) is 55.7 Å². The maximum atomic E-state index is 13.1. The summed E-state index contributed by atoms with van der Waals surface area (Å²) < 4.78 is 0. The van der Waals surface area contributed by atoms with Gasteiger partial charge in [-0.15, -0.1) is 0 Å². The molecule has 1 aliphatic heterocycles. The Morgan fingerprint density at radius 1 is 1.00 bits per heavy atom. The molecule has 6 heteroatoms. The Morgan fingerprint density at radius 2 is 1.58 bits per heavy atom. The summed E-state index contributed by atoms with van der Waals surface area (Å²) in [5, 5.41) is 19.9. The number of hydrogen-bond acceptors (Lipinski definition) is 4. The molecule has 1 N–H and O–H groups in total. The standard InChI is InChI=1S/C27H31N3O3/c1-29(2)26(32)22-14-10-19(11-15-22)18-8-12-20(13-9-18)25-23(16-28)30(24(25)17-31)27(33)21-6-4-3-5-7-21/h8-15,21,23-25,31H,3-7,17H2,1-2H3/t23-,24+,25+/m1/s1. The van der Waals surface area contributed by atoms with Gasteiger partial charge in [0.25, 0.3) is 5.91 Å². The van der Waals surface area contributed by atoms with Gasteiger partial charge in [0.15, 0.2) is 0 Å². The van der Waals surface area contributed by atoms with Crippen LogP contribution in [0.3, 0.4) is 0 Å². The van der Waals surface area contributed by atoms with Crippen LogP contribution in [0, 0.1) is 17.2 Å². The van der Waals surface area contributed by atoms with E-state index in [9.17, 15) is 20.0 Å². The average Bonchev–Trinajstić information content (AvgIpc) is 2.84. The minimum absolute atomic E-state index is 0.0191. The monoisotopic (exact) mass is 445 g/mol. The first kappa shape index (κ1) is 23.0. The van der Waals surface area contributed by atoms with E-state index in [0.717, 1.165) is 42.4 Å². The molecule has 33 heavy (non-hydrogen) atoms. The molecule has 2 aromatic rings. The Balaban J connectivity index is 1.50. The average molecular weight is 446 g/mol. The summed E-state index contributed by atoms with van der Waals surface area (Å²) in [6.07, 6.45) is 5.03. The number of nitriles is 1. The van der Waals surface area contributed by atoms with Crippen LogP contribution in [0.5, 0.6) is 0 Å². The first-order valence-electron chi connectivity index (χ1n) is 11.7. The SMILES string of the molecule is CN(C)C(=O)c1ccc(-c2ccc([C@H]3[C@@H](C#N)N(C(=O)C4CCCCC4)[C@H]3CO)cc2)cc1. The number of benzene rings is 2. The number of rotatable bonds is 5. The number of carbonyl (C=O) groups is 2. The van der Waals surface area contributed by atoms with E-state index in [-0.39, 0.29) is 36.3 Å². The fourth-order valence-corrected chi connectivity index (χ4v) is 5.23. The summed E-state index contributed by atoms with van der Waals surface area (Å²) in [5.74, 6) is -0.219. The van der Waals surface area contributed by atoms with Crippen molar-refractivity contribution in [1.29, 1.82) is 5.26 Å². The van der Waals surface area contributed by atoms with Crippen molar-refractivity contribution in [3.63, 3.8) is 0 Å². The number of nitrogens with zero attached hydrogens (tertiary/aromatic N) is 3. The van der Waals surface area contributed by atoms with E-state index in [0.29, 0.717) is 5.56 Å². The van der Waals surface area contributed by atoms with Crippen molar-refractivity contribution in [3.05, 3.63) is 59.7 Å². The molecule has 2 fully saturated rings. The quantitative estimate of drug-likeness (QED) is 0.758. The predicted octanol–water partition coefficient (Wildman–Crippen LogP) is 3.81. The Hall–Kier alpha value is -3.17. The number of hydrogen-bond donors (Lipinski definition) is 1. The van der Waals surface area contributed by atoms with Crippen LogP contribution in [0.2, 0.25) is 0 Å². The number of aliphatic hydroxyl groups is 1. The Kier molecular flexibility index (Phi) is 6.80. The van der Waals surface area contributed by atoms with E-state index in [2.05, 4.69) is 6.07 Å². The van der Waals surface area contributed by atoms with Crippen molar-refractivity contribution in [2.24, 2.45) is 5.92 Å². The smallest absolute Gasteiger partial charge is 0.253 e. The van der Waals surface area contributed by atoms with Crippen LogP contribution >= 0.6 is 0 Å². The van der Waals surface area contributed by atoms with Gasteiger partial charge in [0.05, 0.1) is 18.7 Å². The zero-order valence-electron chi connectivity index (χ0n) is 19.3. The molecule has 0 aromatic heterocycles. The summed E-state index contributed by atoms with van der Waals surface area (Å²) >= 11 is 0. The lowest BCUT2D eigenvalue weighted by Crippen LogP contribution is -2.66. The Morgan fingerprint density at radius 3 is 2.09 bits per heavy atom. The summed E-state index contributed by atoms with van der Waals surface area (Å²) in [6, 6.07) is 16.9. The molecule has 2 amide bonds. The fraction of sp³-hybridized carbons (Fsp3) is 0.444. The summed E-state index contributed by atoms with van der Waals surface area (Å²) in [5.41, 5.74) is 3.60. The molecule has 3 atom stereocenters. The number of aliphatic hydroxyl groups excluding tert-OH is 1. The van der Waals surface area contributed by atoms with Crippen LogP contribution in [-0.4, -0.2) is 59.5 Å². The third kappa shape index (κ3) is 4.38. The van der Waals surface area contributed by atoms with Crippen LogP contribution < -0.4 is 0 Å². The fourth-order valence-electron chi connectivity index (χ4n) is 5.23. The van der Waals surface area contributed by atoms with E-state index in [1.165, 1.54) is 6.42 Å². The van der Waals surface area contributed by atoms with E-state index < -0.39 is 6.04 Å². The highest BCUT2D eigenvalue weighted by Gasteiger charge is 2.52. The minimum atomic E-state index is -0.543. The van der Waals surface area contributed by atoms with Crippen LogP contribution in [0.1, 0.15) is 53.9 Å². The van der Waals surface area contributed by atoms with Crippen molar-refractivity contribution in [2.45, 2.75) is 50.1 Å².